The molecular weight excluding hydrogens is 314 g/mol. The van der Waals surface area contributed by atoms with Crippen molar-refractivity contribution in [1.82, 2.24) is 5.32 Å². The van der Waals surface area contributed by atoms with Crippen LogP contribution in [0.2, 0.25) is 0 Å². The summed E-state index contributed by atoms with van der Waals surface area (Å²) in [4.78, 5) is 11.8. The van der Waals surface area contributed by atoms with E-state index in [1.165, 1.54) is 5.56 Å². The van der Waals surface area contributed by atoms with E-state index in [0.717, 1.165) is 11.5 Å². The van der Waals surface area contributed by atoms with E-state index in [1.807, 2.05) is 42.5 Å². The standard InChI is InChI=1S/C21H27NO3/c1-21(2,3)17-8-7-11-19(16-17)25-15-13-22-20(23)12-14-24-18-9-5-4-6-10-18/h4-11,16H,12-15H2,1-3H3,(H,22,23). The van der Waals surface area contributed by atoms with Crippen LogP contribution in [0.1, 0.15) is 32.8 Å². The Morgan fingerprint density at radius 1 is 0.920 bits per heavy atom. The molecule has 2 rings (SSSR count). The average molecular weight is 341 g/mol. The maximum atomic E-state index is 11.8. The van der Waals surface area contributed by atoms with Crippen LogP contribution < -0.4 is 14.8 Å². The topological polar surface area (TPSA) is 47.6 Å². The first-order chi connectivity index (χ1) is 11.9. The molecule has 0 aliphatic heterocycles. The number of para-hydroxylation sites is 1. The molecule has 1 amide bonds. The molecule has 0 radical (unpaired) electrons. The van der Waals surface area contributed by atoms with Gasteiger partial charge in [0.05, 0.1) is 19.6 Å². The van der Waals surface area contributed by atoms with Gasteiger partial charge in [0.1, 0.15) is 18.1 Å². The summed E-state index contributed by atoms with van der Waals surface area (Å²) in [5.41, 5.74) is 1.32. The lowest BCUT2D eigenvalue weighted by molar-refractivity contribution is -0.121. The molecule has 0 unspecified atom stereocenters. The van der Waals surface area contributed by atoms with Crippen molar-refractivity contribution in [3.05, 3.63) is 60.2 Å². The van der Waals surface area contributed by atoms with Crippen molar-refractivity contribution in [2.24, 2.45) is 0 Å². The third-order valence-corrected chi connectivity index (χ3v) is 3.73. The summed E-state index contributed by atoms with van der Waals surface area (Å²) in [6, 6.07) is 17.6. The van der Waals surface area contributed by atoms with Gasteiger partial charge in [-0.25, -0.2) is 0 Å². The average Bonchev–Trinajstić information content (AvgIpc) is 2.59. The molecule has 0 aliphatic rings. The Hall–Kier alpha value is -2.49. The van der Waals surface area contributed by atoms with E-state index in [0.29, 0.717) is 26.2 Å². The molecule has 0 spiro atoms. The number of benzene rings is 2. The largest absolute Gasteiger partial charge is 0.493 e. The predicted molar refractivity (Wildman–Crippen MR) is 100 cm³/mol. The summed E-state index contributed by atoms with van der Waals surface area (Å²) in [6.07, 6.45) is 0.328. The van der Waals surface area contributed by atoms with E-state index in [2.05, 4.69) is 38.2 Å². The number of hydrogen-bond acceptors (Lipinski definition) is 3. The van der Waals surface area contributed by atoms with E-state index < -0.39 is 0 Å². The van der Waals surface area contributed by atoms with Gasteiger partial charge in [-0.05, 0) is 35.2 Å². The summed E-state index contributed by atoms with van der Waals surface area (Å²) >= 11 is 0. The number of ether oxygens (including phenoxy) is 2. The van der Waals surface area contributed by atoms with Crippen molar-refractivity contribution in [3.63, 3.8) is 0 Å². The lowest BCUT2D eigenvalue weighted by Crippen LogP contribution is -2.29. The predicted octanol–water partition coefficient (Wildman–Crippen LogP) is 3.95. The van der Waals surface area contributed by atoms with E-state index >= 15 is 0 Å². The molecule has 0 fully saturated rings. The molecule has 2 aromatic carbocycles. The summed E-state index contributed by atoms with van der Waals surface area (Å²) in [7, 11) is 0. The maximum absolute atomic E-state index is 11.8. The number of carbonyl (C=O) groups is 1. The monoisotopic (exact) mass is 341 g/mol. The minimum Gasteiger partial charge on any atom is -0.493 e. The zero-order valence-corrected chi connectivity index (χ0v) is 15.2. The molecular formula is C21H27NO3. The number of carbonyl (C=O) groups excluding carboxylic acids is 1. The van der Waals surface area contributed by atoms with Crippen LogP contribution in [-0.2, 0) is 10.2 Å². The SMILES string of the molecule is CC(C)(C)c1cccc(OCCNC(=O)CCOc2ccccc2)c1. The van der Waals surface area contributed by atoms with Gasteiger partial charge in [0.15, 0.2) is 0 Å². The molecule has 0 aromatic heterocycles. The van der Waals surface area contributed by atoms with Crippen molar-refractivity contribution in [1.29, 1.82) is 0 Å². The fourth-order valence-electron chi connectivity index (χ4n) is 2.28. The van der Waals surface area contributed by atoms with Crippen LogP contribution in [0.4, 0.5) is 0 Å². The minimum absolute atomic E-state index is 0.0389. The van der Waals surface area contributed by atoms with Crippen LogP contribution in [0, 0.1) is 0 Å². The van der Waals surface area contributed by atoms with Crippen molar-refractivity contribution in [3.8, 4) is 11.5 Å². The van der Waals surface area contributed by atoms with Gasteiger partial charge >= 0.3 is 0 Å². The Labute approximate surface area is 150 Å². The molecule has 134 valence electrons. The van der Waals surface area contributed by atoms with Gasteiger partial charge in [-0.1, -0.05) is 51.1 Å². The molecule has 0 atom stereocenters. The van der Waals surface area contributed by atoms with Crippen molar-refractivity contribution in [2.75, 3.05) is 19.8 Å². The Morgan fingerprint density at radius 3 is 2.32 bits per heavy atom. The van der Waals surface area contributed by atoms with Gasteiger partial charge in [0, 0.05) is 0 Å². The molecule has 0 bridgehead atoms. The lowest BCUT2D eigenvalue weighted by atomic mass is 9.87. The molecule has 0 saturated carbocycles. The van der Waals surface area contributed by atoms with Crippen LogP contribution in [0.5, 0.6) is 11.5 Å². The third kappa shape index (κ3) is 6.87. The van der Waals surface area contributed by atoms with E-state index in [-0.39, 0.29) is 11.3 Å². The van der Waals surface area contributed by atoms with Gasteiger partial charge in [-0.15, -0.1) is 0 Å². The number of rotatable bonds is 8. The quantitative estimate of drug-likeness (QED) is 0.740. The zero-order chi connectivity index (χ0) is 18.1. The van der Waals surface area contributed by atoms with Gasteiger partial charge in [0.25, 0.3) is 0 Å². The second-order valence-electron chi connectivity index (χ2n) is 6.89. The summed E-state index contributed by atoms with van der Waals surface area (Å²) in [5, 5.41) is 2.84. The first kappa shape index (κ1) is 18.8. The zero-order valence-electron chi connectivity index (χ0n) is 15.2. The van der Waals surface area contributed by atoms with Gasteiger partial charge in [-0.3, -0.25) is 4.79 Å². The molecule has 0 saturated heterocycles. The normalized spacial score (nSPS) is 11.0. The maximum Gasteiger partial charge on any atom is 0.223 e. The highest BCUT2D eigenvalue weighted by molar-refractivity contribution is 5.75. The van der Waals surface area contributed by atoms with Crippen LogP contribution in [0.25, 0.3) is 0 Å². The smallest absolute Gasteiger partial charge is 0.223 e. The summed E-state index contributed by atoms with van der Waals surface area (Å²) in [5.74, 6) is 1.56. The van der Waals surface area contributed by atoms with E-state index in [4.69, 9.17) is 9.47 Å². The Morgan fingerprint density at radius 2 is 1.60 bits per heavy atom. The summed E-state index contributed by atoms with van der Waals surface area (Å²) in [6.45, 7) is 7.80. The van der Waals surface area contributed by atoms with Crippen molar-refractivity contribution in [2.45, 2.75) is 32.6 Å². The number of hydrogen-bond donors (Lipinski definition) is 1. The minimum atomic E-state index is -0.0389. The van der Waals surface area contributed by atoms with E-state index in [1.54, 1.807) is 0 Å². The highest BCUT2D eigenvalue weighted by atomic mass is 16.5. The first-order valence-corrected chi connectivity index (χ1v) is 8.63. The third-order valence-electron chi connectivity index (χ3n) is 3.73. The molecule has 4 nitrogen and oxygen atoms in total. The van der Waals surface area contributed by atoms with Crippen LogP contribution in [-0.4, -0.2) is 25.7 Å². The fourth-order valence-corrected chi connectivity index (χ4v) is 2.28. The molecule has 0 aliphatic carbocycles. The molecule has 0 heterocycles. The molecule has 2 aromatic rings. The number of nitrogens with one attached hydrogen (secondary N) is 1. The lowest BCUT2D eigenvalue weighted by Gasteiger charge is -2.19. The van der Waals surface area contributed by atoms with Gasteiger partial charge < -0.3 is 14.8 Å². The Kier molecular flexibility index (Phi) is 6.87. The molecule has 1 N–H and O–H groups in total. The highest BCUT2D eigenvalue weighted by Crippen LogP contribution is 2.25. The second kappa shape index (κ2) is 9.11. The van der Waals surface area contributed by atoms with Crippen molar-refractivity contribution >= 4 is 5.91 Å². The fraction of sp³-hybridized carbons (Fsp3) is 0.381. The van der Waals surface area contributed by atoms with E-state index in [9.17, 15) is 4.79 Å². The second-order valence-corrected chi connectivity index (χ2v) is 6.89. The molecule has 4 heteroatoms. The van der Waals surface area contributed by atoms with Crippen LogP contribution in [0.15, 0.2) is 54.6 Å². The summed E-state index contributed by atoms with van der Waals surface area (Å²) < 4.78 is 11.2. The van der Waals surface area contributed by atoms with Crippen molar-refractivity contribution < 1.29 is 14.3 Å². The first-order valence-electron chi connectivity index (χ1n) is 8.63. The van der Waals surface area contributed by atoms with Gasteiger partial charge in [0.2, 0.25) is 5.91 Å². The molecule has 25 heavy (non-hydrogen) atoms. The number of amides is 1. The highest BCUT2D eigenvalue weighted by Gasteiger charge is 2.13. The Bertz CT molecular complexity index is 662. The Balaban J connectivity index is 1.63. The van der Waals surface area contributed by atoms with Crippen LogP contribution >= 0.6 is 0 Å². The van der Waals surface area contributed by atoms with Gasteiger partial charge in [-0.2, -0.15) is 0 Å². The van der Waals surface area contributed by atoms with Crippen LogP contribution in [0.3, 0.4) is 0 Å².